The number of aromatic nitrogens is 3. The van der Waals surface area contributed by atoms with E-state index in [-0.39, 0.29) is 17.9 Å². The molecule has 0 saturated heterocycles. The minimum absolute atomic E-state index is 0.156. The van der Waals surface area contributed by atoms with Crippen LogP contribution >= 0.6 is 0 Å². The molecule has 0 saturated carbocycles. The van der Waals surface area contributed by atoms with Gasteiger partial charge < -0.3 is 10.6 Å². The van der Waals surface area contributed by atoms with Crippen molar-refractivity contribution in [2.75, 3.05) is 5.32 Å². The van der Waals surface area contributed by atoms with Gasteiger partial charge in [0, 0.05) is 17.1 Å². The largest absolute Gasteiger partial charge is 0.336 e. The number of rotatable bonds is 6. The lowest BCUT2D eigenvalue weighted by atomic mass is 10.0. The van der Waals surface area contributed by atoms with E-state index in [1.165, 1.54) is 0 Å². The van der Waals surface area contributed by atoms with Gasteiger partial charge in [0.2, 0.25) is 0 Å². The van der Waals surface area contributed by atoms with Crippen LogP contribution in [0.15, 0.2) is 72.9 Å². The van der Waals surface area contributed by atoms with Crippen LogP contribution in [0.3, 0.4) is 0 Å². The molecule has 1 atom stereocenters. The smallest absolute Gasteiger partial charge is 0.254 e. The average molecular weight is 428 g/mol. The zero-order valence-corrected chi connectivity index (χ0v) is 18.2. The number of hydrogen-bond donors (Lipinski definition) is 2. The minimum atomic E-state index is -0.864. The molecule has 0 aliphatic heterocycles. The number of anilines is 1. The summed E-state index contributed by atoms with van der Waals surface area (Å²) < 4.78 is 1.82. The maximum absolute atomic E-state index is 13.2. The second-order valence-electron chi connectivity index (χ2n) is 7.89. The summed E-state index contributed by atoms with van der Waals surface area (Å²) in [6.45, 7) is 5.84. The van der Waals surface area contributed by atoms with Gasteiger partial charge in [0.15, 0.2) is 5.65 Å². The predicted octanol–water partition coefficient (Wildman–Crippen LogP) is 4.43. The van der Waals surface area contributed by atoms with E-state index in [2.05, 4.69) is 20.7 Å². The summed E-state index contributed by atoms with van der Waals surface area (Å²) in [6.07, 6.45) is 1.70. The highest BCUT2D eigenvalue weighted by atomic mass is 16.2. The number of fused-ring (bicyclic) bond motifs is 1. The van der Waals surface area contributed by atoms with E-state index in [0.717, 1.165) is 11.0 Å². The first-order valence-electron chi connectivity index (χ1n) is 10.5. The highest BCUT2D eigenvalue weighted by Crippen LogP contribution is 2.21. The van der Waals surface area contributed by atoms with Crippen molar-refractivity contribution in [2.45, 2.75) is 32.9 Å². The van der Waals surface area contributed by atoms with Gasteiger partial charge in [0.1, 0.15) is 6.04 Å². The topological polar surface area (TPSA) is 88.9 Å². The van der Waals surface area contributed by atoms with Crippen molar-refractivity contribution in [2.24, 2.45) is 0 Å². The Morgan fingerprint density at radius 1 is 0.969 bits per heavy atom. The van der Waals surface area contributed by atoms with Gasteiger partial charge in [-0.15, -0.1) is 0 Å². The molecule has 162 valence electrons. The van der Waals surface area contributed by atoms with Crippen LogP contribution in [-0.4, -0.2) is 26.6 Å². The van der Waals surface area contributed by atoms with Crippen molar-refractivity contribution in [3.8, 4) is 0 Å². The third-order valence-corrected chi connectivity index (χ3v) is 5.21. The average Bonchev–Trinajstić information content (AvgIpc) is 3.21. The molecule has 2 N–H and O–H groups in total. The normalized spacial score (nSPS) is 12.0. The molecule has 0 radical (unpaired) electrons. The Balaban J connectivity index is 1.64. The van der Waals surface area contributed by atoms with Gasteiger partial charge in [-0.1, -0.05) is 48.5 Å². The first kappa shape index (κ1) is 21.2. The number of para-hydroxylation sites is 1. The highest BCUT2D eigenvalue weighted by molar-refractivity contribution is 6.03. The first-order chi connectivity index (χ1) is 15.4. The molecule has 2 aromatic heterocycles. The number of benzene rings is 2. The van der Waals surface area contributed by atoms with Gasteiger partial charge in [0.25, 0.3) is 11.8 Å². The van der Waals surface area contributed by atoms with Gasteiger partial charge in [-0.25, -0.2) is 9.67 Å². The van der Waals surface area contributed by atoms with Gasteiger partial charge >= 0.3 is 0 Å². The third kappa shape index (κ3) is 4.37. The lowest BCUT2D eigenvalue weighted by molar-refractivity contribution is -0.118. The third-order valence-electron chi connectivity index (χ3n) is 5.21. The molecule has 2 heterocycles. The number of nitrogens with one attached hydrogen (secondary N) is 2. The molecule has 4 aromatic rings. The molecule has 2 amide bonds. The lowest BCUT2D eigenvalue weighted by Gasteiger charge is -2.19. The van der Waals surface area contributed by atoms with Crippen LogP contribution in [0.5, 0.6) is 0 Å². The van der Waals surface area contributed by atoms with Crippen molar-refractivity contribution in [3.05, 3.63) is 89.7 Å². The Morgan fingerprint density at radius 2 is 1.62 bits per heavy atom. The van der Waals surface area contributed by atoms with Gasteiger partial charge in [-0.3, -0.25) is 9.59 Å². The van der Waals surface area contributed by atoms with Crippen LogP contribution in [0.4, 0.5) is 5.69 Å². The summed E-state index contributed by atoms with van der Waals surface area (Å²) >= 11 is 0. The van der Waals surface area contributed by atoms with Crippen molar-refractivity contribution < 1.29 is 9.59 Å². The molecular formula is C25H25N5O2. The summed E-state index contributed by atoms with van der Waals surface area (Å²) in [7, 11) is 0. The monoisotopic (exact) mass is 427 g/mol. The zero-order chi connectivity index (χ0) is 22.7. The molecule has 4 rings (SSSR count). The van der Waals surface area contributed by atoms with E-state index in [1.807, 2.05) is 67.1 Å². The number of amides is 2. The Kier molecular flexibility index (Phi) is 5.98. The Labute approximate surface area is 186 Å². The van der Waals surface area contributed by atoms with Crippen LogP contribution < -0.4 is 10.6 Å². The van der Waals surface area contributed by atoms with E-state index in [4.69, 9.17) is 0 Å². The fraction of sp³-hybridized carbons (Fsp3) is 0.200. The summed E-state index contributed by atoms with van der Waals surface area (Å²) in [5, 5.41) is 10.9. The molecular weight excluding hydrogens is 402 g/mol. The SMILES string of the molecule is Cc1nc2c(cnn2C(C)C)cc1C(=O)NC(C(=O)Nc1ccccc1)c1ccccc1. The zero-order valence-electron chi connectivity index (χ0n) is 18.2. The lowest BCUT2D eigenvalue weighted by Crippen LogP contribution is -2.37. The molecule has 0 aliphatic carbocycles. The molecule has 7 nitrogen and oxygen atoms in total. The van der Waals surface area contributed by atoms with Crippen LogP contribution in [0.1, 0.15) is 47.5 Å². The number of carbonyl (C=O) groups excluding carboxylic acids is 2. The number of aryl methyl sites for hydroxylation is 1. The van der Waals surface area contributed by atoms with E-state index < -0.39 is 6.04 Å². The van der Waals surface area contributed by atoms with Crippen LogP contribution in [0.25, 0.3) is 11.0 Å². The number of hydrogen-bond acceptors (Lipinski definition) is 4. The first-order valence-corrected chi connectivity index (χ1v) is 10.5. The summed E-state index contributed by atoms with van der Waals surface area (Å²) in [6, 6.07) is 19.4. The molecule has 0 fully saturated rings. The minimum Gasteiger partial charge on any atom is -0.336 e. The van der Waals surface area contributed by atoms with Crippen molar-refractivity contribution in [1.82, 2.24) is 20.1 Å². The van der Waals surface area contributed by atoms with E-state index in [0.29, 0.717) is 22.5 Å². The van der Waals surface area contributed by atoms with Gasteiger partial charge in [-0.2, -0.15) is 5.10 Å². The molecule has 0 bridgehead atoms. The maximum Gasteiger partial charge on any atom is 0.254 e. The van der Waals surface area contributed by atoms with E-state index >= 15 is 0 Å². The summed E-state index contributed by atoms with van der Waals surface area (Å²) in [5.74, 6) is -0.693. The summed E-state index contributed by atoms with van der Waals surface area (Å²) in [4.78, 5) is 30.9. The Morgan fingerprint density at radius 3 is 2.28 bits per heavy atom. The predicted molar refractivity (Wildman–Crippen MR) is 124 cm³/mol. The quantitative estimate of drug-likeness (QED) is 0.476. The second kappa shape index (κ2) is 9.01. The van der Waals surface area contributed by atoms with Crippen molar-refractivity contribution in [1.29, 1.82) is 0 Å². The van der Waals surface area contributed by atoms with Crippen LogP contribution in [0, 0.1) is 6.92 Å². The number of nitrogens with zero attached hydrogens (tertiary/aromatic N) is 3. The van der Waals surface area contributed by atoms with E-state index in [9.17, 15) is 9.59 Å². The molecule has 0 spiro atoms. The number of pyridine rings is 1. The fourth-order valence-corrected chi connectivity index (χ4v) is 3.56. The maximum atomic E-state index is 13.2. The standard InChI is InChI=1S/C25H25N5O2/c1-16(2)30-23-19(15-26-30)14-21(17(3)27-23)24(31)29-22(18-10-6-4-7-11-18)25(32)28-20-12-8-5-9-13-20/h4-16,22H,1-3H3,(H,28,32)(H,29,31). The van der Waals surface area contributed by atoms with Crippen molar-refractivity contribution in [3.63, 3.8) is 0 Å². The molecule has 1 unspecified atom stereocenters. The Bertz CT molecular complexity index is 1250. The molecule has 0 aliphatic rings. The Hall–Kier alpha value is -4.00. The number of carbonyl (C=O) groups is 2. The van der Waals surface area contributed by atoms with Crippen LogP contribution in [-0.2, 0) is 4.79 Å². The highest BCUT2D eigenvalue weighted by Gasteiger charge is 2.25. The van der Waals surface area contributed by atoms with Gasteiger partial charge in [0.05, 0.1) is 17.5 Å². The molecule has 2 aromatic carbocycles. The second-order valence-corrected chi connectivity index (χ2v) is 7.89. The van der Waals surface area contributed by atoms with Crippen LogP contribution in [0.2, 0.25) is 0 Å². The van der Waals surface area contributed by atoms with Crippen molar-refractivity contribution >= 4 is 28.5 Å². The molecule has 7 heteroatoms. The fourth-order valence-electron chi connectivity index (χ4n) is 3.56. The van der Waals surface area contributed by atoms with E-state index in [1.54, 1.807) is 31.3 Å². The van der Waals surface area contributed by atoms with Gasteiger partial charge in [-0.05, 0) is 44.5 Å². The summed E-state index contributed by atoms with van der Waals surface area (Å²) in [5.41, 5.74) is 3.07. The molecule has 32 heavy (non-hydrogen) atoms.